The molecule has 0 spiro atoms. The quantitative estimate of drug-likeness (QED) is 0.0222. The van der Waals surface area contributed by atoms with Gasteiger partial charge in [0.2, 0.25) is 0 Å². The predicted molar refractivity (Wildman–Crippen MR) is 391 cm³/mol. The van der Waals surface area contributed by atoms with Crippen molar-refractivity contribution in [3.8, 4) is 0 Å². The first-order chi connectivity index (χ1) is 46.5. The van der Waals surface area contributed by atoms with Gasteiger partial charge in [-0.05, 0) is 31.6 Å². The molecule has 0 aliphatic carbocycles. The van der Waals surface area contributed by atoms with Gasteiger partial charge in [-0.2, -0.15) is 0 Å². The van der Waals surface area contributed by atoms with E-state index in [4.69, 9.17) is 37.0 Å². The summed E-state index contributed by atoms with van der Waals surface area (Å²) in [6.45, 7) is 7.20. The Hall–Kier alpha value is -1.94. The molecule has 2 unspecified atom stereocenters. The summed E-state index contributed by atoms with van der Waals surface area (Å²) in [5.74, 6) is -1.42. The summed E-state index contributed by atoms with van der Waals surface area (Å²) in [5.41, 5.74) is 0. The van der Waals surface area contributed by atoms with Crippen LogP contribution in [-0.2, 0) is 65.4 Å². The monoisotopic (exact) mass is 1410 g/mol. The second-order valence-electron chi connectivity index (χ2n) is 28.2. The molecule has 3 N–H and O–H groups in total. The van der Waals surface area contributed by atoms with Crippen LogP contribution >= 0.6 is 15.6 Å². The topological polar surface area (TPSA) is 237 Å². The van der Waals surface area contributed by atoms with Crippen LogP contribution in [0.2, 0.25) is 0 Å². The van der Waals surface area contributed by atoms with Crippen LogP contribution in [0, 0.1) is 5.92 Å². The van der Waals surface area contributed by atoms with Crippen LogP contribution in [0.3, 0.4) is 0 Å². The number of hydrogen-bond acceptors (Lipinski definition) is 15. The number of unbranched alkanes of at least 4 members (excludes halogenated alkanes) is 49. The summed E-state index contributed by atoms with van der Waals surface area (Å²) < 4.78 is 68.4. The van der Waals surface area contributed by atoms with E-state index in [9.17, 15) is 43.2 Å². The number of ether oxygens (including phenoxy) is 4. The molecule has 0 aromatic heterocycles. The van der Waals surface area contributed by atoms with Crippen LogP contribution in [0.25, 0.3) is 0 Å². The Bertz CT molecular complexity index is 1840. The Morgan fingerprint density at radius 1 is 0.281 bits per heavy atom. The van der Waals surface area contributed by atoms with Crippen molar-refractivity contribution in [1.29, 1.82) is 0 Å². The van der Waals surface area contributed by atoms with Gasteiger partial charge >= 0.3 is 39.5 Å². The molecule has 570 valence electrons. The third-order valence-corrected chi connectivity index (χ3v) is 19.9. The number of hydrogen-bond donors (Lipinski definition) is 3. The fourth-order valence-corrected chi connectivity index (χ4v) is 13.5. The van der Waals surface area contributed by atoms with E-state index in [1.165, 1.54) is 225 Å². The number of esters is 4. The summed E-state index contributed by atoms with van der Waals surface area (Å²) in [6.07, 6.45) is 60.0. The number of aliphatic hydroxyl groups excluding tert-OH is 1. The Kier molecular flexibility index (Phi) is 68.7. The Balaban J connectivity index is 5.16. The molecule has 0 heterocycles. The van der Waals surface area contributed by atoms with Gasteiger partial charge in [0.1, 0.15) is 19.3 Å². The molecule has 0 aliphatic heterocycles. The smallest absolute Gasteiger partial charge is 0.462 e. The van der Waals surface area contributed by atoms with Gasteiger partial charge in [0.15, 0.2) is 12.2 Å². The number of aliphatic hydroxyl groups is 1. The van der Waals surface area contributed by atoms with Crippen molar-refractivity contribution in [3.63, 3.8) is 0 Å². The van der Waals surface area contributed by atoms with Crippen LogP contribution in [0.1, 0.15) is 407 Å². The molecule has 0 radical (unpaired) electrons. The maximum Gasteiger partial charge on any atom is 0.472 e. The average molecular weight is 1410 g/mol. The van der Waals surface area contributed by atoms with Crippen molar-refractivity contribution < 1.29 is 80.2 Å². The second kappa shape index (κ2) is 70.1. The number of phosphoric acid groups is 2. The first-order valence-electron chi connectivity index (χ1n) is 40.1. The molecular formula is C77H150O17P2. The van der Waals surface area contributed by atoms with Crippen LogP contribution in [0.15, 0.2) is 0 Å². The standard InChI is InChI=1S/C77H150O17P2/c1-6-9-12-15-18-21-23-25-27-29-30-31-32-34-36-38-40-42-47-52-57-62-76(81)93-72(67-88-75(80)61-56-51-46-41-39-37-35-33-28-26-24-22-19-16-13-10-7-2)68-91-95(83,84)89-64-71(78)65-90-96(85,86)92-69-73(66-87-74(79)60-55-50-45-20-17-14-11-8-3)94-77(82)63-58-53-48-43-44-49-54-59-70(4)5/h70-73,78H,6-69H2,1-5H3,(H,83,84)(H,85,86)/t71-,72-,73-/m1/s1. The highest BCUT2D eigenvalue weighted by molar-refractivity contribution is 7.47. The number of carbonyl (C=O) groups is 4. The zero-order valence-corrected chi connectivity index (χ0v) is 64.3. The Morgan fingerprint density at radius 3 is 0.708 bits per heavy atom. The SMILES string of the molecule is CCCCCCCCCCCCCCCCCCCCCCCC(=O)O[C@H](COC(=O)CCCCCCCCCCCCCCCCCCC)COP(=O)(O)OC[C@@H](O)COP(=O)(O)OC[C@@H](COC(=O)CCCCCCCCCC)OC(=O)CCCCCCCCCC(C)C. The fourth-order valence-electron chi connectivity index (χ4n) is 11.9. The molecule has 0 bridgehead atoms. The fraction of sp³-hybridized carbons (Fsp3) is 0.948. The molecule has 0 aliphatic rings. The maximum atomic E-state index is 13.1. The van der Waals surface area contributed by atoms with Crippen LogP contribution in [0.5, 0.6) is 0 Å². The number of phosphoric ester groups is 2. The van der Waals surface area contributed by atoms with Crippen molar-refractivity contribution in [2.75, 3.05) is 39.6 Å². The van der Waals surface area contributed by atoms with Gasteiger partial charge in [0.05, 0.1) is 26.4 Å². The minimum atomic E-state index is -4.96. The molecule has 0 saturated carbocycles. The van der Waals surface area contributed by atoms with Crippen LogP contribution in [0.4, 0.5) is 0 Å². The third-order valence-electron chi connectivity index (χ3n) is 18.0. The van der Waals surface area contributed by atoms with Crippen LogP contribution in [-0.4, -0.2) is 96.7 Å². The minimum Gasteiger partial charge on any atom is -0.462 e. The van der Waals surface area contributed by atoms with Crippen molar-refractivity contribution in [2.45, 2.75) is 425 Å². The van der Waals surface area contributed by atoms with E-state index >= 15 is 0 Å². The van der Waals surface area contributed by atoms with E-state index in [1.54, 1.807) is 0 Å². The molecule has 0 aromatic carbocycles. The summed E-state index contributed by atoms with van der Waals surface area (Å²) >= 11 is 0. The zero-order valence-electron chi connectivity index (χ0n) is 62.5. The van der Waals surface area contributed by atoms with E-state index in [2.05, 4.69) is 34.6 Å². The molecule has 0 saturated heterocycles. The molecule has 0 rings (SSSR count). The Morgan fingerprint density at radius 2 is 0.479 bits per heavy atom. The van der Waals surface area contributed by atoms with E-state index in [1.807, 2.05) is 0 Å². The van der Waals surface area contributed by atoms with Crippen LogP contribution < -0.4 is 0 Å². The lowest BCUT2D eigenvalue weighted by Gasteiger charge is -2.21. The van der Waals surface area contributed by atoms with Crippen molar-refractivity contribution in [3.05, 3.63) is 0 Å². The highest BCUT2D eigenvalue weighted by Crippen LogP contribution is 2.45. The summed E-state index contributed by atoms with van der Waals surface area (Å²) in [5, 5.41) is 10.6. The van der Waals surface area contributed by atoms with Gasteiger partial charge in [0, 0.05) is 25.7 Å². The van der Waals surface area contributed by atoms with Gasteiger partial charge in [-0.3, -0.25) is 37.3 Å². The van der Waals surface area contributed by atoms with E-state index in [0.717, 1.165) is 96.3 Å². The number of carbonyl (C=O) groups excluding carboxylic acids is 4. The molecule has 96 heavy (non-hydrogen) atoms. The highest BCUT2D eigenvalue weighted by Gasteiger charge is 2.30. The number of rotatable bonds is 77. The Labute approximate surface area is 588 Å². The van der Waals surface area contributed by atoms with E-state index < -0.39 is 97.5 Å². The molecule has 17 nitrogen and oxygen atoms in total. The lowest BCUT2D eigenvalue weighted by molar-refractivity contribution is -0.161. The minimum absolute atomic E-state index is 0.104. The summed E-state index contributed by atoms with van der Waals surface area (Å²) in [4.78, 5) is 72.7. The molecule has 0 aromatic rings. The first-order valence-corrected chi connectivity index (χ1v) is 43.1. The molecule has 19 heteroatoms. The van der Waals surface area contributed by atoms with Gasteiger partial charge in [-0.1, -0.05) is 356 Å². The second-order valence-corrected chi connectivity index (χ2v) is 31.1. The lowest BCUT2D eigenvalue weighted by atomic mass is 10.0. The van der Waals surface area contributed by atoms with Gasteiger partial charge in [0.25, 0.3) is 0 Å². The molecular weight excluding hydrogens is 1260 g/mol. The zero-order chi connectivity index (χ0) is 70.5. The molecule has 0 amide bonds. The van der Waals surface area contributed by atoms with Crippen molar-refractivity contribution in [1.82, 2.24) is 0 Å². The van der Waals surface area contributed by atoms with Crippen molar-refractivity contribution in [2.24, 2.45) is 5.92 Å². The summed E-state index contributed by atoms with van der Waals surface area (Å²) in [6, 6.07) is 0. The van der Waals surface area contributed by atoms with Gasteiger partial charge in [-0.15, -0.1) is 0 Å². The average Bonchev–Trinajstić information content (AvgIpc) is 2.46. The predicted octanol–water partition coefficient (Wildman–Crippen LogP) is 22.9. The third kappa shape index (κ3) is 70.5. The molecule has 5 atom stereocenters. The largest absolute Gasteiger partial charge is 0.472 e. The first kappa shape index (κ1) is 94.1. The highest BCUT2D eigenvalue weighted by atomic mass is 31.2. The lowest BCUT2D eigenvalue weighted by Crippen LogP contribution is -2.30. The van der Waals surface area contributed by atoms with Gasteiger partial charge < -0.3 is 33.8 Å². The van der Waals surface area contributed by atoms with E-state index in [0.29, 0.717) is 31.6 Å². The maximum absolute atomic E-state index is 13.1. The molecule has 0 fully saturated rings. The normalized spacial score (nSPS) is 13.9. The van der Waals surface area contributed by atoms with E-state index in [-0.39, 0.29) is 25.7 Å². The summed E-state index contributed by atoms with van der Waals surface area (Å²) in [7, 11) is -9.91. The van der Waals surface area contributed by atoms with Crippen molar-refractivity contribution >= 4 is 39.5 Å². The van der Waals surface area contributed by atoms with Gasteiger partial charge in [-0.25, -0.2) is 9.13 Å².